The number of carbonyl (C=O) groups is 3. The van der Waals surface area contributed by atoms with Crippen molar-refractivity contribution in [3.8, 4) is 0 Å². The molecule has 0 atom stereocenters. The van der Waals surface area contributed by atoms with Crippen LogP contribution in [0.15, 0.2) is 18.2 Å². The first-order valence-corrected chi connectivity index (χ1v) is 3.77. The van der Waals surface area contributed by atoms with Crippen molar-refractivity contribution in [2.45, 2.75) is 0 Å². The van der Waals surface area contributed by atoms with Gasteiger partial charge in [-0.15, -0.1) is 0 Å². The molecule has 0 aliphatic rings. The van der Waals surface area contributed by atoms with Crippen LogP contribution in [0.25, 0.3) is 0 Å². The molecule has 9 nitrogen and oxygen atoms in total. The summed E-state index contributed by atoms with van der Waals surface area (Å²) >= 11 is 0. The van der Waals surface area contributed by atoms with Crippen LogP contribution in [0.3, 0.4) is 0 Å². The largest absolute Gasteiger partial charge is 0.478 e. The molecule has 0 fully saturated rings. The molecule has 0 amide bonds. The standard InChI is InChI=1S/C9H6O6.3H3N/c10-7(11)4-1-2-5(8(12)13)6(3-4)9(14)15;;;/h1-3H,(H,10,11)(H,12,13)(H,14,15);3*1H3/p+3. The van der Waals surface area contributed by atoms with Crippen LogP contribution in [0.5, 0.6) is 0 Å². The van der Waals surface area contributed by atoms with Gasteiger partial charge in [-0.1, -0.05) is 0 Å². The summed E-state index contributed by atoms with van der Waals surface area (Å²) in [6.45, 7) is 0. The summed E-state index contributed by atoms with van der Waals surface area (Å²) < 4.78 is 0. The van der Waals surface area contributed by atoms with Crippen molar-refractivity contribution in [2.24, 2.45) is 0 Å². The predicted molar refractivity (Wildman–Crippen MR) is 65.3 cm³/mol. The van der Waals surface area contributed by atoms with Gasteiger partial charge in [-0.25, -0.2) is 14.4 Å². The number of hydrogen-bond donors (Lipinski definition) is 6. The Balaban J connectivity index is -0.000000750. The van der Waals surface area contributed by atoms with Gasteiger partial charge in [-0.3, -0.25) is 0 Å². The van der Waals surface area contributed by atoms with Crippen molar-refractivity contribution in [1.29, 1.82) is 0 Å². The van der Waals surface area contributed by atoms with Gasteiger partial charge in [0.25, 0.3) is 0 Å². The van der Waals surface area contributed by atoms with Crippen molar-refractivity contribution in [3.63, 3.8) is 0 Å². The smallest absolute Gasteiger partial charge is 0.336 e. The van der Waals surface area contributed by atoms with Gasteiger partial charge in [0.1, 0.15) is 0 Å². The van der Waals surface area contributed by atoms with E-state index in [0.717, 1.165) is 18.2 Å². The fraction of sp³-hybridized carbons (Fsp3) is 0. The second-order valence-electron chi connectivity index (χ2n) is 2.68. The number of benzene rings is 1. The van der Waals surface area contributed by atoms with Crippen molar-refractivity contribution in [2.75, 3.05) is 0 Å². The van der Waals surface area contributed by atoms with Crippen LogP contribution in [0.1, 0.15) is 31.1 Å². The van der Waals surface area contributed by atoms with Gasteiger partial charge >= 0.3 is 17.9 Å². The van der Waals surface area contributed by atoms with Crippen molar-refractivity contribution in [3.05, 3.63) is 34.9 Å². The minimum atomic E-state index is -1.48. The molecule has 0 saturated heterocycles. The van der Waals surface area contributed by atoms with E-state index in [2.05, 4.69) is 0 Å². The first-order chi connectivity index (χ1) is 6.93. The molecule has 18 heavy (non-hydrogen) atoms. The predicted octanol–water partition coefficient (Wildman–Crippen LogP) is 1.91. The molecule has 0 bridgehead atoms. The van der Waals surface area contributed by atoms with Crippen LogP contribution in [0, 0.1) is 0 Å². The lowest BCUT2D eigenvalue weighted by Crippen LogP contribution is -2.10. The Kier molecular flexibility index (Phi) is 8.96. The lowest BCUT2D eigenvalue weighted by atomic mass is 10.0. The topological polar surface area (TPSA) is 221 Å². The molecule has 0 saturated carbocycles. The minimum absolute atomic E-state index is 0. The third-order valence-corrected chi connectivity index (χ3v) is 1.73. The van der Waals surface area contributed by atoms with Crippen LogP contribution in [0.2, 0.25) is 0 Å². The van der Waals surface area contributed by atoms with Crippen LogP contribution in [-0.4, -0.2) is 33.2 Å². The molecule has 1 aromatic carbocycles. The summed E-state index contributed by atoms with van der Waals surface area (Å²) in [5.41, 5.74) is -1.24. The zero-order valence-electron chi connectivity index (χ0n) is 10.3. The maximum atomic E-state index is 10.6. The molecule has 0 aromatic heterocycles. The summed E-state index contributed by atoms with van der Waals surface area (Å²) in [7, 11) is 0. The van der Waals surface area contributed by atoms with E-state index in [9.17, 15) is 14.4 Å². The second-order valence-corrected chi connectivity index (χ2v) is 2.68. The number of aromatic carboxylic acids is 3. The van der Waals surface area contributed by atoms with Gasteiger partial charge in [0, 0.05) is 0 Å². The SMILES string of the molecule is O=C(O)c1ccc(C(=O)O)c(C(=O)O)c1.[NH4+].[NH4+].[NH4+]. The van der Waals surface area contributed by atoms with Crippen LogP contribution < -0.4 is 18.5 Å². The highest BCUT2D eigenvalue weighted by atomic mass is 16.4. The van der Waals surface area contributed by atoms with E-state index in [4.69, 9.17) is 15.3 Å². The highest BCUT2D eigenvalue weighted by molar-refractivity contribution is 6.03. The van der Waals surface area contributed by atoms with Crippen molar-refractivity contribution in [1.82, 2.24) is 18.5 Å². The van der Waals surface area contributed by atoms with Crippen LogP contribution in [-0.2, 0) is 0 Å². The van der Waals surface area contributed by atoms with Gasteiger partial charge in [-0.2, -0.15) is 0 Å². The highest BCUT2D eigenvalue weighted by Gasteiger charge is 2.17. The average Bonchev–Trinajstić information content (AvgIpc) is 2.16. The molecule has 0 radical (unpaired) electrons. The van der Waals surface area contributed by atoms with E-state index in [1.807, 2.05) is 0 Å². The van der Waals surface area contributed by atoms with Crippen LogP contribution >= 0.6 is 0 Å². The second kappa shape index (κ2) is 7.73. The van der Waals surface area contributed by atoms with E-state index in [-0.39, 0.29) is 24.0 Å². The average molecular weight is 264 g/mol. The van der Waals surface area contributed by atoms with E-state index < -0.39 is 29.0 Å². The zero-order valence-corrected chi connectivity index (χ0v) is 10.3. The lowest BCUT2D eigenvalue weighted by molar-refractivity contribution is 0.0649. The summed E-state index contributed by atoms with van der Waals surface area (Å²) in [5.74, 6) is -4.20. The normalized spacial score (nSPS) is 8.00. The van der Waals surface area contributed by atoms with Crippen molar-refractivity contribution < 1.29 is 29.7 Å². The Labute approximate surface area is 102 Å². The molecule has 15 N–H and O–H groups in total. The minimum Gasteiger partial charge on any atom is -0.478 e. The fourth-order valence-corrected chi connectivity index (χ4v) is 1.04. The Hall–Kier alpha value is -2.49. The Morgan fingerprint density at radius 2 is 1.17 bits per heavy atom. The first-order valence-electron chi connectivity index (χ1n) is 3.77. The number of hydrogen-bond acceptors (Lipinski definition) is 3. The number of quaternary nitrogens is 3. The van der Waals surface area contributed by atoms with E-state index >= 15 is 0 Å². The molecule has 0 aliphatic carbocycles. The molecule has 0 spiro atoms. The molecule has 9 heteroatoms. The van der Waals surface area contributed by atoms with E-state index in [1.165, 1.54) is 0 Å². The molecular weight excluding hydrogens is 246 g/mol. The van der Waals surface area contributed by atoms with Crippen molar-refractivity contribution >= 4 is 17.9 Å². The molecule has 1 rings (SSSR count). The summed E-state index contributed by atoms with van der Waals surface area (Å²) in [4.78, 5) is 31.8. The molecule has 102 valence electrons. The Morgan fingerprint density at radius 3 is 1.50 bits per heavy atom. The van der Waals surface area contributed by atoms with E-state index in [1.54, 1.807) is 0 Å². The molecule has 0 heterocycles. The lowest BCUT2D eigenvalue weighted by Gasteiger charge is -2.02. The molecular formula is C9H18N3O6+3. The molecule has 1 aromatic rings. The fourth-order valence-electron chi connectivity index (χ4n) is 1.04. The molecule has 0 aliphatic heterocycles. The Bertz CT molecular complexity index is 460. The number of carboxylic acids is 3. The summed E-state index contributed by atoms with van der Waals surface area (Å²) in [6.07, 6.45) is 0. The van der Waals surface area contributed by atoms with Gasteiger partial charge in [0.05, 0.1) is 16.7 Å². The van der Waals surface area contributed by atoms with Crippen LogP contribution in [0.4, 0.5) is 0 Å². The highest BCUT2D eigenvalue weighted by Crippen LogP contribution is 2.12. The van der Waals surface area contributed by atoms with Gasteiger partial charge in [0.2, 0.25) is 0 Å². The van der Waals surface area contributed by atoms with E-state index in [0.29, 0.717) is 0 Å². The zero-order chi connectivity index (χ0) is 11.6. The molecule has 0 unspecified atom stereocenters. The first kappa shape index (κ1) is 20.9. The maximum Gasteiger partial charge on any atom is 0.336 e. The Morgan fingerprint density at radius 1 is 0.722 bits per heavy atom. The van der Waals surface area contributed by atoms with Gasteiger partial charge < -0.3 is 33.8 Å². The van der Waals surface area contributed by atoms with Gasteiger partial charge in [-0.05, 0) is 18.2 Å². The number of carboxylic acid groups (broad SMARTS) is 3. The third kappa shape index (κ3) is 4.17. The number of rotatable bonds is 3. The maximum absolute atomic E-state index is 10.6. The van der Waals surface area contributed by atoms with Gasteiger partial charge in [0.15, 0.2) is 0 Å². The third-order valence-electron chi connectivity index (χ3n) is 1.73. The summed E-state index contributed by atoms with van der Waals surface area (Å²) in [6, 6.07) is 2.81. The monoisotopic (exact) mass is 264 g/mol. The quantitative estimate of drug-likeness (QED) is 0.477. The summed E-state index contributed by atoms with van der Waals surface area (Å²) in [5, 5.41) is 25.9.